The summed E-state index contributed by atoms with van der Waals surface area (Å²) in [5, 5.41) is 17.4. The molecule has 0 aliphatic heterocycles. The monoisotopic (exact) mass is 357 g/mol. The lowest BCUT2D eigenvalue weighted by molar-refractivity contribution is 0.0688. The number of benzene rings is 1. The van der Waals surface area contributed by atoms with Gasteiger partial charge in [-0.15, -0.1) is 5.10 Å². The molecule has 20 heavy (non-hydrogen) atoms. The summed E-state index contributed by atoms with van der Waals surface area (Å²) in [4.78, 5) is 11.2. The van der Waals surface area contributed by atoms with Gasteiger partial charge in [-0.1, -0.05) is 52.7 Å². The number of halogens is 2. The molecule has 5 nitrogen and oxygen atoms in total. The Bertz CT molecular complexity index is 655. The molecule has 0 saturated heterocycles. The summed E-state index contributed by atoms with van der Waals surface area (Å²) >= 11 is 9.52. The predicted molar refractivity (Wildman–Crippen MR) is 79.3 cm³/mol. The van der Waals surface area contributed by atoms with E-state index in [0.29, 0.717) is 17.3 Å². The average Bonchev–Trinajstić information content (AvgIpc) is 2.76. The largest absolute Gasteiger partial charge is 0.476 e. The van der Waals surface area contributed by atoms with Gasteiger partial charge in [0.2, 0.25) is 0 Å². The number of rotatable bonds is 4. The first kappa shape index (κ1) is 15.0. The molecule has 0 amide bonds. The van der Waals surface area contributed by atoms with E-state index in [1.54, 1.807) is 10.7 Å². The highest BCUT2D eigenvalue weighted by Gasteiger charge is 2.21. The number of carboxylic acids is 1. The van der Waals surface area contributed by atoms with Crippen LogP contribution in [0.5, 0.6) is 0 Å². The van der Waals surface area contributed by atoms with Crippen LogP contribution in [0.1, 0.15) is 41.5 Å². The number of carboxylic acid groups (broad SMARTS) is 1. The summed E-state index contributed by atoms with van der Waals surface area (Å²) in [5.74, 6) is -1.06. The molecule has 0 unspecified atom stereocenters. The van der Waals surface area contributed by atoms with Gasteiger partial charge >= 0.3 is 5.97 Å². The first-order valence-electron chi connectivity index (χ1n) is 6.00. The molecule has 2 aromatic rings. The van der Waals surface area contributed by atoms with Crippen molar-refractivity contribution in [3.63, 3.8) is 0 Å². The molecule has 0 aliphatic carbocycles. The second kappa shape index (κ2) is 5.93. The van der Waals surface area contributed by atoms with Gasteiger partial charge in [-0.2, -0.15) is 0 Å². The first-order valence-corrected chi connectivity index (χ1v) is 7.18. The zero-order valence-electron chi connectivity index (χ0n) is 11.0. The van der Waals surface area contributed by atoms with Crippen LogP contribution in [-0.4, -0.2) is 26.1 Å². The van der Waals surface area contributed by atoms with Crippen molar-refractivity contribution in [3.8, 4) is 0 Å². The molecule has 0 aliphatic rings. The minimum absolute atomic E-state index is 0.00493. The maximum atomic E-state index is 11.2. The molecule has 0 fully saturated rings. The van der Waals surface area contributed by atoms with Gasteiger partial charge in [0.25, 0.3) is 0 Å². The Morgan fingerprint density at radius 3 is 2.75 bits per heavy atom. The fourth-order valence-corrected chi connectivity index (χ4v) is 2.71. The van der Waals surface area contributed by atoms with Crippen LogP contribution in [0.15, 0.2) is 22.7 Å². The van der Waals surface area contributed by atoms with Gasteiger partial charge in [0.05, 0.1) is 12.2 Å². The van der Waals surface area contributed by atoms with Crippen molar-refractivity contribution in [2.75, 3.05) is 0 Å². The molecule has 106 valence electrons. The smallest absolute Gasteiger partial charge is 0.358 e. The van der Waals surface area contributed by atoms with Gasteiger partial charge in [0.1, 0.15) is 0 Å². The molecule has 0 atom stereocenters. The van der Waals surface area contributed by atoms with E-state index in [1.807, 2.05) is 26.0 Å². The molecule has 1 aromatic carbocycles. The van der Waals surface area contributed by atoms with E-state index >= 15 is 0 Å². The minimum atomic E-state index is -1.07. The van der Waals surface area contributed by atoms with E-state index in [-0.39, 0.29) is 11.6 Å². The van der Waals surface area contributed by atoms with Crippen molar-refractivity contribution in [1.29, 1.82) is 0 Å². The Morgan fingerprint density at radius 2 is 2.20 bits per heavy atom. The van der Waals surface area contributed by atoms with E-state index in [4.69, 9.17) is 16.7 Å². The minimum Gasteiger partial charge on any atom is -0.476 e. The summed E-state index contributed by atoms with van der Waals surface area (Å²) in [7, 11) is 0. The molecule has 0 spiro atoms. The van der Waals surface area contributed by atoms with Crippen molar-refractivity contribution in [3.05, 3.63) is 44.6 Å². The summed E-state index contributed by atoms with van der Waals surface area (Å²) in [6.45, 7) is 4.20. The van der Waals surface area contributed by atoms with Gasteiger partial charge in [-0.25, -0.2) is 9.48 Å². The molecule has 0 saturated carbocycles. The Morgan fingerprint density at radius 1 is 1.50 bits per heavy atom. The Labute approximate surface area is 129 Å². The normalized spacial score (nSPS) is 11.1. The molecule has 2 rings (SSSR count). The molecule has 0 radical (unpaired) electrons. The first-order chi connectivity index (χ1) is 9.40. The molecule has 0 bridgehead atoms. The van der Waals surface area contributed by atoms with Crippen molar-refractivity contribution in [1.82, 2.24) is 15.0 Å². The van der Waals surface area contributed by atoms with Gasteiger partial charge in [0, 0.05) is 9.50 Å². The second-order valence-corrected chi connectivity index (χ2v) is 6.00. The zero-order valence-corrected chi connectivity index (χ0v) is 13.3. The summed E-state index contributed by atoms with van der Waals surface area (Å²) in [5.41, 5.74) is 1.45. The van der Waals surface area contributed by atoms with Crippen LogP contribution in [-0.2, 0) is 6.54 Å². The number of aromatic carboxylic acids is 1. The molecule has 7 heteroatoms. The van der Waals surface area contributed by atoms with Crippen LogP contribution in [0, 0.1) is 0 Å². The number of hydrogen-bond acceptors (Lipinski definition) is 3. The molecule has 1 heterocycles. The third-order valence-electron chi connectivity index (χ3n) is 2.86. The van der Waals surface area contributed by atoms with E-state index in [0.717, 1.165) is 10.0 Å². The van der Waals surface area contributed by atoms with Crippen LogP contribution >= 0.6 is 27.5 Å². The summed E-state index contributed by atoms with van der Waals surface area (Å²) in [6, 6.07) is 5.55. The van der Waals surface area contributed by atoms with Crippen molar-refractivity contribution in [2.45, 2.75) is 26.3 Å². The highest BCUT2D eigenvalue weighted by Crippen LogP contribution is 2.24. The quantitative estimate of drug-likeness (QED) is 0.907. The van der Waals surface area contributed by atoms with Crippen LogP contribution in [0.3, 0.4) is 0 Å². The van der Waals surface area contributed by atoms with Crippen LogP contribution in [0.4, 0.5) is 0 Å². The van der Waals surface area contributed by atoms with Crippen molar-refractivity contribution in [2.24, 2.45) is 0 Å². The maximum absolute atomic E-state index is 11.2. The number of carbonyl (C=O) groups is 1. The number of aromatic nitrogens is 3. The Hall–Kier alpha value is -1.40. The van der Waals surface area contributed by atoms with E-state index in [2.05, 4.69) is 26.2 Å². The van der Waals surface area contributed by atoms with Gasteiger partial charge in [-0.05, 0) is 23.6 Å². The SMILES string of the molecule is CC(C)c1c(C(=O)O)nnn1Cc1ccc(Br)cc1Cl. The van der Waals surface area contributed by atoms with Crippen LogP contribution in [0.25, 0.3) is 0 Å². The molecule has 1 N–H and O–H groups in total. The topological polar surface area (TPSA) is 68.0 Å². The maximum Gasteiger partial charge on any atom is 0.358 e. The van der Waals surface area contributed by atoms with Crippen molar-refractivity contribution >= 4 is 33.5 Å². The van der Waals surface area contributed by atoms with E-state index in [9.17, 15) is 4.79 Å². The Kier molecular flexibility index (Phi) is 4.45. The van der Waals surface area contributed by atoms with E-state index < -0.39 is 5.97 Å². The zero-order chi connectivity index (χ0) is 14.9. The highest BCUT2D eigenvalue weighted by atomic mass is 79.9. The second-order valence-electron chi connectivity index (χ2n) is 4.68. The fourth-order valence-electron chi connectivity index (χ4n) is 1.97. The van der Waals surface area contributed by atoms with Crippen LogP contribution < -0.4 is 0 Å². The fraction of sp³-hybridized carbons (Fsp3) is 0.308. The molecular formula is C13H13BrClN3O2. The van der Waals surface area contributed by atoms with Gasteiger partial charge in [-0.3, -0.25) is 0 Å². The number of nitrogens with zero attached hydrogens (tertiary/aromatic N) is 3. The number of hydrogen-bond donors (Lipinski definition) is 1. The molecular weight excluding hydrogens is 346 g/mol. The third-order valence-corrected chi connectivity index (χ3v) is 3.70. The summed E-state index contributed by atoms with van der Waals surface area (Å²) in [6.07, 6.45) is 0. The molecule has 1 aromatic heterocycles. The van der Waals surface area contributed by atoms with Gasteiger partial charge < -0.3 is 5.11 Å². The lowest BCUT2D eigenvalue weighted by atomic mass is 10.1. The van der Waals surface area contributed by atoms with Gasteiger partial charge in [0.15, 0.2) is 5.69 Å². The lowest BCUT2D eigenvalue weighted by Gasteiger charge is -2.11. The standard InChI is InChI=1S/C13H13BrClN3O2/c1-7(2)12-11(13(19)20)16-17-18(12)6-8-3-4-9(14)5-10(8)15/h3-5,7H,6H2,1-2H3,(H,19,20). The lowest BCUT2D eigenvalue weighted by Crippen LogP contribution is -2.11. The third kappa shape index (κ3) is 3.02. The highest BCUT2D eigenvalue weighted by molar-refractivity contribution is 9.10. The summed E-state index contributed by atoms with van der Waals surface area (Å²) < 4.78 is 2.48. The average molecular weight is 359 g/mol. The van der Waals surface area contributed by atoms with E-state index in [1.165, 1.54) is 0 Å². The van der Waals surface area contributed by atoms with Crippen LogP contribution in [0.2, 0.25) is 5.02 Å². The Balaban J connectivity index is 2.41. The predicted octanol–water partition coefficient (Wildman–Crippen LogP) is 3.56. The van der Waals surface area contributed by atoms with Crippen molar-refractivity contribution < 1.29 is 9.90 Å².